The second-order valence-electron chi connectivity index (χ2n) is 4.99. The lowest BCUT2D eigenvalue weighted by atomic mass is 10.0. The Labute approximate surface area is 117 Å². The SMILES string of the molecule is C#CCn1c2ccccc2c2c3ccccc3ccc21. The second-order valence-corrected chi connectivity index (χ2v) is 4.99. The van der Waals surface area contributed by atoms with Crippen molar-refractivity contribution in [3.63, 3.8) is 0 Å². The third-order valence-corrected chi connectivity index (χ3v) is 3.91. The molecular formula is C19H13N. The summed E-state index contributed by atoms with van der Waals surface area (Å²) in [6.45, 7) is 0.600. The van der Waals surface area contributed by atoms with Crippen molar-refractivity contribution < 1.29 is 0 Å². The Bertz CT molecular complexity index is 983. The molecule has 4 aromatic rings. The second kappa shape index (κ2) is 4.15. The van der Waals surface area contributed by atoms with E-state index in [1.807, 2.05) is 0 Å². The Hall–Kier alpha value is -2.72. The molecule has 0 saturated carbocycles. The summed E-state index contributed by atoms with van der Waals surface area (Å²) in [6.07, 6.45) is 5.54. The number of nitrogens with zero attached hydrogens (tertiary/aromatic N) is 1. The molecule has 0 unspecified atom stereocenters. The minimum Gasteiger partial charge on any atom is -0.329 e. The van der Waals surface area contributed by atoms with Crippen LogP contribution in [0.1, 0.15) is 0 Å². The van der Waals surface area contributed by atoms with E-state index < -0.39 is 0 Å². The first kappa shape index (κ1) is 11.1. The molecule has 0 atom stereocenters. The van der Waals surface area contributed by atoms with Crippen molar-refractivity contribution in [2.75, 3.05) is 0 Å². The maximum atomic E-state index is 5.54. The first-order valence-corrected chi connectivity index (χ1v) is 6.72. The molecule has 0 bridgehead atoms. The number of benzene rings is 3. The quantitative estimate of drug-likeness (QED) is 0.439. The maximum Gasteiger partial charge on any atom is 0.0841 e. The number of aromatic nitrogens is 1. The molecule has 1 nitrogen and oxygen atoms in total. The average Bonchev–Trinajstić information content (AvgIpc) is 2.83. The number of terminal acetylenes is 1. The lowest BCUT2D eigenvalue weighted by molar-refractivity contribution is 0.924. The van der Waals surface area contributed by atoms with E-state index in [1.54, 1.807) is 0 Å². The summed E-state index contributed by atoms with van der Waals surface area (Å²) >= 11 is 0. The predicted molar refractivity (Wildman–Crippen MR) is 85.8 cm³/mol. The van der Waals surface area contributed by atoms with Crippen LogP contribution >= 0.6 is 0 Å². The topological polar surface area (TPSA) is 4.93 Å². The molecule has 0 amide bonds. The van der Waals surface area contributed by atoms with E-state index in [2.05, 4.69) is 71.2 Å². The van der Waals surface area contributed by atoms with Crippen molar-refractivity contribution in [1.29, 1.82) is 0 Å². The highest BCUT2D eigenvalue weighted by Crippen LogP contribution is 2.34. The van der Waals surface area contributed by atoms with Crippen molar-refractivity contribution in [3.8, 4) is 12.3 Å². The van der Waals surface area contributed by atoms with E-state index in [0.717, 1.165) is 0 Å². The largest absolute Gasteiger partial charge is 0.329 e. The number of rotatable bonds is 1. The van der Waals surface area contributed by atoms with Crippen molar-refractivity contribution in [2.45, 2.75) is 6.54 Å². The van der Waals surface area contributed by atoms with Crippen LogP contribution in [0.5, 0.6) is 0 Å². The molecule has 0 aliphatic rings. The monoisotopic (exact) mass is 255 g/mol. The summed E-state index contributed by atoms with van der Waals surface area (Å²) in [4.78, 5) is 0. The molecule has 0 radical (unpaired) electrons. The van der Waals surface area contributed by atoms with Crippen molar-refractivity contribution in [3.05, 3.63) is 60.7 Å². The van der Waals surface area contributed by atoms with Gasteiger partial charge in [-0.2, -0.15) is 0 Å². The van der Waals surface area contributed by atoms with Gasteiger partial charge in [0.1, 0.15) is 0 Å². The maximum absolute atomic E-state index is 5.54. The Balaban J connectivity index is 2.32. The highest BCUT2D eigenvalue weighted by Gasteiger charge is 2.11. The normalized spacial score (nSPS) is 11.2. The minimum absolute atomic E-state index is 0.600. The van der Waals surface area contributed by atoms with Crippen LogP contribution in [-0.4, -0.2) is 4.57 Å². The highest BCUT2D eigenvalue weighted by molar-refractivity contribution is 6.20. The van der Waals surface area contributed by atoms with Crippen molar-refractivity contribution >= 4 is 32.6 Å². The molecule has 1 heteroatoms. The van der Waals surface area contributed by atoms with Gasteiger partial charge in [0.2, 0.25) is 0 Å². The third kappa shape index (κ3) is 1.39. The summed E-state index contributed by atoms with van der Waals surface area (Å²) in [5.74, 6) is 2.77. The molecule has 3 aromatic carbocycles. The van der Waals surface area contributed by atoms with E-state index in [0.29, 0.717) is 6.54 Å². The van der Waals surface area contributed by atoms with Crippen LogP contribution in [0.15, 0.2) is 60.7 Å². The summed E-state index contributed by atoms with van der Waals surface area (Å²) in [7, 11) is 0. The molecular weight excluding hydrogens is 242 g/mol. The van der Waals surface area contributed by atoms with Gasteiger partial charge >= 0.3 is 0 Å². The van der Waals surface area contributed by atoms with E-state index in [1.165, 1.54) is 32.6 Å². The molecule has 0 spiro atoms. The first-order valence-electron chi connectivity index (χ1n) is 6.72. The number of para-hydroxylation sites is 1. The molecule has 0 N–H and O–H groups in total. The Kier molecular flexibility index (Phi) is 2.31. The Morgan fingerprint density at radius 3 is 2.40 bits per heavy atom. The lowest BCUT2D eigenvalue weighted by Crippen LogP contribution is -1.94. The van der Waals surface area contributed by atoms with Gasteiger partial charge in [0, 0.05) is 16.3 Å². The van der Waals surface area contributed by atoms with Gasteiger partial charge in [-0.3, -0.25) is 0 Å². The van der Waals surface area contributed by atoms with Crippen LogP contribution in [0.2, 0.25) is 0 Å². The van der Waals surface area contributed by atoms with Crippen LogP contribution in [0.25, 0.3) is 32.6 Å². The summed E-state index contributed by atoms with van der Waals surface area (Å²) < 4.78 is 2.22. The summed E-state index contributed by atoms with van der Waals surface area (Å²) in [6, 6.07) is 21.3. The first-order chi connectivity index (χ1) is 9.90. The van der Waals surface area contributed by atoms with Crippen LogP contribution < -0.4 is 0 Å². The summed E-state index contributed by atoms with van der Waals surface area (Å²) in [5, 5.41) is 5.13. The van der Waals surface area contributed by atoms with Gasteiger partial charge in [-0.25, -0.2) is 0 Å². The number of hydrogen-bond acceptors (Lipinski definition) is 0. The molecule has 0 fully saturated rings. The van der Waals surface area contributed by atoms with E-state index in [4.69, 9.17) is 6.42 Å². The van der Waals surface area contributed by atoms with Crippen molar-refractivity contribution in [2.24, 2.45) is 0 Å². The Morgan fingerprint density at radius 2 is 1.55 bits per heavy atom. The van der Waals surface area contributed by atoms with E-state index >= 15 is 0 Å². The van der Waals surface area contributed by atoms with Crippen LogP contribution in [0, 0.1) is 12.3 Å². The average molecular weight is 255 g/mol. The van der Waals surface area contributed by atoms with Crippen LogP contribution in [0.3, 0.4) is 0 Å². The van der Waals surface area contributed by atoms with Crippen molar-refractivity contribution in [1.82, 2.24) is 4.57 Å². The fraction of sp³-hybridized carbons (Fsp3) is 0.0526. The molecule has 0 saturated heterocycles. The van der Waals surface area contributed by atoms with Gasteiger partial charge in [0.15, 0.2) is 0 Å². The fourth-order valence-electron chi connectivity index (χ4n) is 3.08. The van der Waals surface area contributed by atoms with E-state index in [-0.39, 0.29) is 0 Å². The predicted octanol–water partition coefficient (Wildman–Crippen LogP) is 4.58. The summed E-state index contributed by atoms with van der Waals surface area (Å²) in [5.41, 5.74) is 2.42. The van der Waals surface area contributed by atoms with Crippen LogP contribution in [0.4, 0.5) is 0 Å². The minimum atomic E-state index is 0.600. The lowest BCUT2D eigenvalue weighted by Gasteiger charge is -2.03. The zero-order valence-corrected chi connectivity index (χ0v) is 11.0. The molecule has 4 rings (SSSR count). The van der Waals surface area contributed by atoms with Gasteiger partial charge < -0.3 is 4.57 Å². The zero-order chi connectivity index (χ0) is 13.5. The van der Waals surface area contributed by atoms with E-state index in [9.17, 15) is 0 Å². The molecule has 1 heterocycles. The smallest absolute Gasteiger partial charge is 0.0841 e. The highest BCUT2D eigenvalue weighted by atomic mass is 15.0. The number of hydrogen-bond donors (Lipinski definition) is 0. The van der Waals surface area contributed by atoms with Gasteiger partial charge in [0.05, 0.1) is 12.1 Å². The molecule has 0 aliphatic heterocycles. The van der Waals surface area contributed by atoms with Gasteiger partial charge in [-0.1, -0.05) is 54.5 Å². The number of fused-ring (bicyclic) bond motifs is 5. The molecule has 1 aromatic heterocycles. The molecule has 20 heavy (non-hydrogen) atoms. The zero-order valence-electron chi connectivity index (χ0n) is 11.0. The standard InChI is InChI=1S/C19H13N/c1-2-13-20-17-10-6-5-9-16(17)19-15-8-4-3-7-14(15)11-12-18(19)20/h1,3-12H,13H2. The third-order valence-electron chi connectivity index (χ3n) is 3.91. The van der Waals surface area contributed by atoms with Gasteiger partial charge in [0.25, 0.3) is 0 Å². The molecule has 94 valence electrons. The fourth-order valence-corrected chi connectivity index (χ4v) is 3.08. The Morgan fingerprint density at radius 1 is 0.800 bits per heavy atom. The molecule has 0 aliphatic carbocycles. The van der Waals surface area contributed by atoms with Crippen LogP contribution in [-0.2, 0) is 6.54 Å². The van der Waals surface area contributed by atoms with Gasteiger partial charge in [-0.05, 0) is 22.9 Å². The van der Waals surface area contributed by atoms with Gasteiger partial charge in [-0.15, -0.1) is 6.42 Å².